The van der Waals surface area contributed by atoms with Crippen LogP contribution >= 0.6 is 0 Å². The molecule has 1 fully saturated rings. The zero-order valence-corrected chi connectivity index (χ0v) is 15.3. The van der Waals surface area contributed by atoms with Gasteiger partial charge in [0.2, 0.25) is 0 Å². The first-order valence-electron chi connectivity index (χ1n) is 9.15. The Bertz CT molecular complexity index is 738. The van der Waals surface area contributed by atoms with Gasteiger partial charge in [0, 0.05) is 31.0 Å². The van der Waals surface area contributed by atoms with Gasteiger partial charge in [0.05, 0.1) is 13.7 Å². The molecule has 1 aromatic carbocycles. The summed E-state index contributed by atoms with van der Waals surface area (Å²) >= 11 is 0. The van der Waals surface area contributed by atoms with Crippen molar-refractivity contribution in [1.82, 2.24) is 4.98 Å². The van der Waals surface area contributed by atoms with E-state index in [-0.39, 0.29) is 0 Å². The van der Waals surface area contributed by atoms with Gasteiger partial charge in [0.1, 0.15) is 11.6 Å². The molecule has 0 aliphatic carbocycles. The van der Waals surface area contributed by atoms with Crippen LogP contribution in [0.1, 0.15) is 31.2 Å². The number of pyridine rings is 1. The van der Waals surface area contributed by atoms with Gasteiger partial charge < -0.3 is 20.7 Å². The van der Waals surface area contributed by atoms with Crippen LogP contribution in [0.4, 0.5) is 11.5 Å². The number of methoxy groups -OCH3 is 1. The van der Waals surface area contributed by atoms with E-state index >= 15 is 0 Å². The van der Waals surface area contributed by atoms with Crippen LogP contribution in [0.3, 0.4) is 0 Å². The maximum absolute atomic E-state index is 6.02. The van der Waals surface area contributed by atoms with Crippen LogP contribution in [0.5, 0.6) is 5.75 Å². The zero-order chi connectivity index (χ0) is 18.2. The lowest BCUT2D eigenvalue weighted by Gasteiger charge is -2.21. The van der Waals surface area contributed by atoms with Crippen molar-refractivity contribution in [1.29, 1.82) is 0 Å². The van der Waals surface area contributed by atoms with Gasteiger partial charge in [0.15, 0.2) is 5.96 Å². The summed E-state index contributed by atoms with van der Waals surface area (Å²) in [6.07, 6.45) is 6.96. The summed E-state index contributed by atoms with van der Waals surface area (Å²) < 4.78 is 5.21. The minimum atomic E-state index is 0.381. The van der Waals surface area contributed by atoms with E-state index in [4.69, 9.17) is 10.5 Å². The van der Waals surface area contributed by atoms with Crippen molar-refractivity contribution < 1.29 is 4.74 Å². The fraction of sp³-hybridized carbons (Fsp3) is 0.400. The van der Waals surface area contributed by atoms with Crippen molar-refractivity contribution in [3.05, 3.63) is 48.2 Å². The number of guanidine groups is 1. The number of aliphatic imine (C=N–C) groups is 1. The summed E-state index contributed by atoms with van der Waals surface area (Å²) in [6.45, 7) is 2.69. The highest BCUT2D eigenvalue weighted by molar-refractivity contribution is 5.92. The van der Waals surface area contributed by atoms with Crippen LogP contribution in [0.25, 0.3) is 0 Å². The molecule has 138 valence electrons. The number of benzene rings is 1. The highest BCUT2D eigenvalue weighted by atomic mass is 16.5. The summed E-state index contributed by atoms with van der Waals surface area (Å²) in [5.41, 5.74) is 7.98. The smallest absolute Gasteiger partial charge is 0.193 e. The van der Waals surface area contributed by atoms with E-state index in [2.05, 4.69) is 26.3 Å². The summed E-state index contributed by atoms with van der Waals surface area (Å²) in [4.78, 5) is 11.4. The molecule has 2 aromatic rings. The Morgan fingerprint density at radius 1 is 1.19 bits per heavy atom. The quantitative estimate of drug-likeness (QED) is 0.636. The van der Waals surface area contributed by atoms with Gasteiger partial charge >= 0.3 is 0 Å². The van der Waals surface area contributed by atoms with Crippen molar-refractivity contribution in [2.75, 3.05) is 30.4 Å². The number of hydrogen-bond donors (Lipinski definition) is 2. The summed E-state index contributed by atoms with van der Waals surface area (Å²) in [6, 6.07) is 11.7. The molecule has 26 heavy (non-hydrogen) atoms. The Hall–Kier alpha value is -2.76. The molecule has 1 saturated heterocycles. The number of hydrogen-bond acceptors (Lipinski definition) is 4. The topological polar surface area (TPSA) is 75.8 Å². The minimum absolute atomic E-state index is 0.381. The van der Waals surface area contributed by atoms with Gasteiger partial charge in [-0.15, -0.1) is 0 Å². The summed E-state index contributed by atoms with van der Waals surface area (Å²) in [7, 11) is 1.64. The number of aromatic nitrogens is 1. The second kappa shape index (κ2) is 9.08. The molecule has 0 spiro atoms. The molecule has 3 N–H and O–H groups in total. The second-order valence-electron chi connectivity index (χ2n) is 6.48. The second-order valence-corrected chi connectivity index (χ2v) is 6.48. The molecule has 0 amide bonds. The van der Waals surface area contributed by atoms with Crippen LogP contribution in [0.2, 0.25) is 0 Å². The third-order valence-corrected chi connectivity index (χ3v) is 4.51. The maximum atomic E-state index is 6.02. The van der Waals surface area contributed by atoms with Gasteiger partial charge in [-0.25, -0.2) is 9.98 Å². The molecule has 2 heterocycles. The van der Waals surface area contributed by atoms with Gasteiger partial charge in [-0.05, 0) is 42.7 Å². The maximum Gasteiger partial charge on any atom is 0.193 e. The van der Waals surface area contributed by atoms with Crippen molar-refractivity contribution in [2.45, 2.75) is 32.2 Å². The molecule has 6 nitrogen and oxygen atoms in total. The number of anilines is 2. The molecule has 6 heteroatoms. The summed E-state index contributed by atoms with van der Waals surface area (Å²) in [5, 5.41) is 3.09. The highest BCUT2D eigenvalue weighted by Crippen LogP contribution is 2.19. The summed E-state index contributed by atoms with van der Waals surface area (Å²) in [5.74, 6) is 2.20. The van der Waals surface area contributed by atoms with E-state index in [1.165, 1.54) is 25.7 Å². The Labute approximate surface area is 155 Å². The number of nitrogens with two attached hydrogens (primary N) is 1. The molecule has 1 aliphatic rings. The number of nitrogens with one attached hydrogen (secondary N) is 1. The lowest BCUT2D eigenvalue weighted by atomic mass is 10.2. The van der Waals surface area contributed by atoms with Crippen LogP contribution < -0.4 is 20.7 Å². The Balaban J connectivity index is 1.62. The van der Waals surface area contributed by atoms with E-state index in [0.29, 0.717) is 12.5 Å². The largest absolute Gasteiger partial charge is 0.497 e. The molecule has 0 atom stereocenters. The Morgan fingerprint density at radius 2 is 2.00 bits per heavy atom. The normalized spacial score (nSPS) is 15.4. The highest BCUT2D eigenvalue weighted by Gasteiger charge is 2.11. The molecule has 1 aromatic heterocycles. The molecular weight excluding hydrogens is 326 g/mol. The molecular formula is C20H27N5O. The van der Waals surface area contributed by atoms with Crippen molar-refractivity contribution in [3.8, 4) is 5.75 Å². The van der Waals surface area contributed by atoms with Crippen molar-refractivity contribution >= 4 is 17.5 Å². The van der Waals surface area contributed by atoms with Gasteiger partial charge in [0.25, 0.3) is 0 Å². The van der Waals surface area contributed by atoms with Gasteiger partial charge in [-0.1, -0.05) is 18.9 Å². The van der Waals surface area contributed by atoms with E-state index in [9.17, 15) is 0 Å². The lowest BCUT2D eigenvalue weighted by molar-refractivity contribution is 0.415. The Morgan fingerprint density at radius 3 is 2.77 bits per heavy atom. The molecule has 0 unspecified atom stereocenters. The molecule has 3 rings (SSSR count). The van der Waals surface area contributed by atoms with Gasteiger partial charge in [-0.3, -0.25) is 0 Å². The van der Waals surface area contributed by atoms with Crippen LogP contribution in [0.15, 0.2) is 47.6 Å². The predicted molar refractivity (Wildman–Crippen MR) is 107 cm³/mol. The third-order valence-electron chi connectivity index (χ3n) is 4.51. The van der Waals surface area contributed by atoms with Crippen LogP contribution in [-0.2, 0) is 6.54 Å². The molecule has 0 saturated carbocycles. The van der Waals surface area contributed by atoms with Crippen LogP contribution in [0, 0.1) is 0 Å². The SMILES string of the molecule is COc1cccc(NC(N)=NCc2ccnc(N3CCCCCC3)c2)c1. The fourth-order valence-corrected chi connectivity index (χ4v) is 3.10. The third kappa shape index (κ3) is 5.12. The first-order valence-corrected chi connectivity index (χ1v) is 9.15. The molecule has 1 aliphatic heterocycles. The van der Waals surface area contributed by atoms with E-state index in [1.807, 2.05) is 36.5 Å². The fourth-order valence-electron chi connectivity index (χ4n) is 3.10. The van der Waals surface area contributed by atoms with E-state index < -0.39 is 0 Å². The number of nitrogens with zero attached hydrogens (tertiary/aromatic N) is 3. The standard InChI is InChI=1S/C20H27N5O/c1-26-18-8-6-7-17(14-18)24-20(21)23-15-16-9-10-22-19(13-16)25-11-4-2-3-5-12-25/h6-10,13-14H,2-5,11-12,15H2,1H3,(H3,21,23,24). The van der Waals surface area contributed by atoms with E-state index in [1.54, 1.807) is 7.11 Å². The van der Waals surface area contributed by atoms with Crippen LogP contribution in [-0.4, -0.2) is 31.1 Å². The Kier molecular flexibility index (Phi) is 6.30. The van der Waals surface area contributed by atoms with E-state index in [0.717, 1.165) is 35.9 Å². The average molecular weight is 353 g/mol. The zero-order valence-electron chi connectivity index (χ0n) is 15.3. The molecule has 0 bridgehead atoms. The minimum Gasteiger partial charge on any atom is -0.497 e. The van der Waals surface area contributed by atoms with Crippen molar-refractivity contribution in [2.24, 2.45) is 10.7 Å². The number of ether oxygens (including phenoxy) is 1. The molecule has 0 radical (unpaired) electrons. The average Bonchev–Trinajstić information content (AvgIpc) is 2.96. The first kappa shape index (κ1) is 18.0. The van der Waals surface area contributed by atoms with Gasteiger partial charge in [-0.2, -0.15) is 0 Å². The monoisotopic (exact) mass is 353 g/mol. The van der Waals surface area contributed by atoms with Crippen molar-refractivity contribution in [3.63, 3.8) is 0 Å². The lowest BCUT2D eigenvalue weighted by Crippen LogP contribution is -2.25. The predicted octanol–water partition coefficient (Wildman–Crippen LogP) is 3.40. The number of rotatable bonds is 5. The first-order chi connectivity index (χ1) is 12.7.